The Morgan fingerprint density at radius 1 is 1.00 bits per heavy atom. The van der Waals surface area contributed by atoms with Crippen molar-refractivity contribution < 1.29 is 34.2 Å². The second kappa shape index (κ2) is 11.0. The van der Waals surface area contributed by atoms with Gasteiger partial charge >= 0.3 is 11.9 Å². The summed E-state index contributed by atoms with van der Waals surface area (Å²) in [4.78, 5) is 56.8. The number of carbonyl (C=O) groups is 5. The molecule has 3 amide bonds. The number of hydrogen-bond donors (Lipinski definition) is 6. The summed E-state index contributed by atoms with van der Waals surface area (Å²) in [5.74, 6) is -4.97. The van der Waals surface area contributed by atoms with Crippen molar-refractivity contribution in [1.29, 1.82) is 0 Å². The highest BCUT2D eigenvalue weighted by Gasteiger charge is 2.28. The number of carboxylic acid groups (broad SMARTS) is 2. The summed E-state index contributed by atoms with van der Waals surface area (Å²) in [7, 11) is 0. The van der Waals surface area contributed by atoms with E-state index in [1.54, 1.807) is 13.8 Å². The van der Waals surface area contributed by atoms with E-state index in [2.05, 4.69) is 16.0 Å². The van der Waals surface area contributed by atoms with Crippen molar-refractivity contribution in [2.75, 3.05) is 13.1 Å². The normalized spacial score (nSPS) is 12.8. The molecule has 0 rings (SSSR count). The van der Waals surface area contributed by atoms with Crippen LogP contribution in [0, 0.1) is 5.92 Å². The lowest BCUT2D eigenvalue weighted by Gasteiger charge is -2.23. The Morgan fingerprint density at radius 2 is 1.60 bits per heavy atom. The second-order valence-electron chi connectivity index (χ2n) is 5.60. The lowest BCUT2D eigenvalue weighted by Crippen LogP contribution is -2.54. The van der Waals surface area contributed by atoms with Crippen molar-refractivity contribution in [3.8, 4) is 0 Å². The largest absolute Gasteiger partial charge is 0.481 e. The molecule has 7 N–H and O–H groups in total. The van der Waals surface area contributed by atoms with Crippen LogP contribution in [0.4, 0.5) is 0 Å². The van der Waals surface area contributed by atoms with Gasteiger partial charge in [0, 0.05) is 6.42 Å². The van der Waals surface area contributed by atoms with Gasteiger partial charge in [-0.15, -0.1) is 0 Å². The van der Waals surface area contributed by atoms with E-state index in [9.17, 15) is 24.0 Å². The molecule has 0 radical (unpaired) electrons. The van der Waals surface area contributed by atoms with E-state index in [0.29, 0.717) is 0 Å². The van der Waals surface area contributed by atoms with Crippen molar-refractivity contribution in [3.63, 3.8) is 0 Å². The predicted octanol–water partition coefficient (Wildman–Crippen LogP) is -2.36. The summed E-state index contributed by atoms with van der Waals surface area (Å²) >= 11 is 0. The predicted molar refractivity (Wildman–Crippen MR) is 85.3 cm³/mol. The zero-order valence-electron chi connectivity index (χ0n) is 14.1. The third kappa shape index (κ3) is 9.25. The van der Waals surface area contributed by atoms with E-state index in [1.807, 2.05) is 0 Å². The second-order valence-corrected chi connectivity index (χ2v) is 5.60. The summed E-state index contributed by atoms with van der Waals surface area (Å²) in [6.07, 6.45) is -0.644. The Morgan fingerprint density at radius 3 is 2.04 bits per heavy atom. The van der Waals surface area contributed by atoms with Crippen LogP contribution in [0.1, 0.15) is 26.7 Å². The van der Waals surface area contributed by atoms with Crippen LogP contribution in [0.3, 0.4) is 0 Å². The van der Waals surface area contributed by atoms with Gasteiger partial charge in [0.2, 0.25) is 17.7 Å². The minimum absolute atomic E-state index is 0.234. The number of amides is 3. The van der Waals surface area contributed by atoms with Gasteiger partial charge < -0.3 is 31.9 Å². The Kier molecular flexibility index (Phi) is 9.79. The monoisotopic (exact) mass is 360 g/mol. The van der Waals surface area contributed by atoms with Crippen molar-refractivity contribution in [2.24, 2.45) is 11.7 Å². The molecule has 0 fully saturated rings. The molecule has 0 saturated heterocycles. The van der Waals surface area contributed by atoms with Crippen LogP contribution in [0.2, 0.25) is 0 Å². The fourth-order valence-corrected chi connectivity index (χ4v) is 1.80. The van der Waals surface area contributed by atoms with Crippen molar-refractivity contribution in [1.82, 2.24) is 16.0 Å². The van der Waals surface area contributed by atoms with E-state index in [0.717, 1.165) is 0 Å². The molecule has 0 aromatic carbocycles. The molecule has 0 bridgehead atoms. The molecule has 2 atom stereocenters. The number of rotatable bonds is 11. The first-order valence-corrected chi connectivity index (χ1v) is 7.59. The van der Waals surface area contributed by atoms with Gasteiger partial charge in [0.1, 0.15) is 12.1 Å². The Labute approximate surface area is 144 Å². The van der Waals surface area contributed by atoms with Crippen LogP contribution < -0.4 is 21.7 Å². The summed E-state index contributed by atoms with van der Waals surface area (Å²) < 4.78 is 0. The fraction of sp³-hybridized carbons (Fsp3) is 0.643. The quantitative estimate of drug-likeness (QED) is 0.236. The SMILES string of the molecule is CC(C)C(NC(=O)C(CCC(=O)O)NC(=O)CNC(=O)CN)C(=O)O. The molecule has 142 valence electrons. The first-order valence-electron chi connectivity index (χ1n) is 7.59. The molecular formula is C14H24N4O7. The summed E-state index contributed by atoms with van der Waals surface area (Å²) in [5.41, 5.74) is 5.07. The zero-order valence-corrected chi connectivity index (χ0v) is 14.1. The third-order valence-corrected chi connectivity index (χ3v) is 3.16. The maximum atomic E-state index is 12.2. The van der Waals surface area contributed by atoms with Crippen LogP contribution in [-0.4, -0.2) is 65.0 Å². The summed E-state index contributed by atoms with van der Waals surface area (Å²) in [6.45, 7) is 2.42. The molecule has 0 aromatic heterocycles. The van der Waals surface area contributed by atoms with E-state index in [1.165, 1.54) is 0 Å². The maximum Gasteiger partial charge on any atom is 0.326 e. The summed E-state index contributed by atoms with van der Waals surface area (Å²) in [6, 6.07) is -2.44. The minimum atomic E-state index is -1.25. The molecule has 11 heteroatoms. The van der Waals surface area contributed by atoms with Gasteiger partial charge in [-0.3, -0.25) is 19.2 Å². The van der Waals surface area contributed by atoms with E-state index < -0.39 is 60.6 Å². The molecule has 11 nitrogen and oxygen atoms in total. The van der Waals surface area contributed by atoms with Crippen LogP contribution >= 0.6 is 0 Å². The van der Waals surface area contributed by atoms with Crippen LogP contribution in [-0.2, 0) is 24.0 Å². The van der Waals surface area contributed by atoms with Crippen LogP contribution in [0.5, 0.6) is 0 Å². The number of hydrogen-bond acceptors (Lipinski definition) is 6. The van der Waals surface area contributed by atoms with Gasteiger partial charge in [-0.1, -0.05) is 13.8 Å². The number of aliphatic carboxylic acids is 2. The van der Waals surface area contributed by atoms with E-state index >= 15 is 0 Å². The van der Waals surface area contributed by atoms with Crippen LogP contribution in [0.25, 0.3) is 0 Å². The van der Waals surface area contributed by atoms with Crippen molar-refractivity contribution >= 4 is 29.7 Å². The average molecular weight is 360 g/mol. The average Bonchev–Trinajstić information content (AvgIpc) is 2.52. The topological polar surface area (TPSA) is 188 Å². The Hall–Kier alpha value is -2.69. The molecule has 0 saturated carbocycles. The molecule has 25 heavy (non-hydrogen) atoms. The molecule has 0 heterocycles. The van der Waals surface area contributed by atoms with Gasteiger partial charge in [0.15, 0.2) is 0 Å². The molecule has 0 aliphatic rings. The van der Waals surface area contributed by atoms with E-state index in [-0.39, 0.29) is 13.0 Å². The summed E-state index contributed by atoms with van der Waals surface area (Å²) in [5, 5.41) is 24.6. The van der Waals surface area contributed by atoms with Gasteiger partial charge in [-0.2, -0.15) is 0 Å². The first-order chi connectivity index (χ1) is 11.6. The zero-order chi connectivity index (χ0) is 19.6. The number of carbonyl (C=O) groups excluding carboxylic acids is 3. The lowest BCUT2D eigenvalue weighted by molar-refractivity contribution is -0.144. The highest BCUT2D eigenvalue weighted by atomic mass is 16.4. The van der Waals surface area contributed by atoms with Crippen molar-refractivity contribution in [2.45, 2.75) is 38.8 Å². The lowest BCUT2D eigenvalue weighted by atomic mass is 10.0. The number of nitrogens with one attached hydrogen (secondary N) is 3. The van der Waals surface area contributed by atoms with E-state index in [4.69, 9.17) is 15.9 Å². The number of nitrogens with two attached hydrogens (primary N) is 1. The molecule has 2 unspecified atom stereocenters. The van der Waals surface area contributed by atoms with Crippen LogP contribution in [0.15, 0.2) is 0 Å². The smallest absolute Gasteiger partial charge is 0.326 e. The van der Waals surface area contributed by atoms with Gasteiger partial charge in [0.05, 0.1) is 13.1 Å². The van der Waals surface area contributed by atoms with Crippen molar-refractivity contribution in [3.05, 3.63) is 0 Å². The highest BCUT2D eigenvalue weighted by Crippen LogP contribution is 2.04. The van der Waals surface area contributed by atoms with Gasteiger partial charge in [0.25, 0.3) is 0 Å². The Bertz CT molecular complexity index is 521. The van der Waals surface area contributed by atoms with Gasteiger partial charge in [-0.05, 0) is 12.3 Å². The first kappa shape index (κ1) is 22.3. The maximum absolute atomic E-state index is 12.2. The fourth-order valence-electron chi connectivity index (χ4n) is 1.80. The molecule has 0 aromatic rings. The molecule has 0 aliphatic carbocycles. The molecule has 0 aliphatic heterocycles. The molecule has 0 spiro atoms. The highest BCUT2D eigenvalue weighted by molar-refractivity contribution is 5.92. The molecular weight excluding hydrogens is 336 g/mol. The van der Waals surface area contributed by atoms with Gasteiger partial charge in [-0.25, -0.2) is 4.79 Å². The number of carboxylic acids is 2. The minimum Gasteiger partial charge on any atom is -0.481 e. The Balaban J connectivity index is 4.92. The third-order valence-electron chi connectivity index (χ3n) is 3.16. The standard InChI is InChI=1S/C14H24N4O7/c1-7(2)12(14(24)25)18-13(23)8(3-4-11(21)22)17-10(20)6-16-9(19)5-15/h7-8,12H,3-6,15H2,1-2H3,(H,16,19)(H,17,20)(H,18,23)(H,21,22)(H,24,25).